The molecule has 2 N–H and O–H groups in total. The van der Waals surface area contributed by atoms with Gasteiger partial charge in [0, 0.05) is 44.0 Å². The van der Waals surface area contributed by atoms with E-state index in [1.807, 2.05) is 13.0 Å². The molecule has 0 unspecified atom stereocenters. The van der Waals surface area contributed by atoms with Crippen LogP contribution in [0.25, 0.3) is 6.08 Å². The second-order valence-electron chi connectivity index (χ2n) is 6.31. The lowest BCUT2D eigenvalue weighted by Crippen LogP contribution is -2.31. The Labute approximate surface area is 153 Å². The lowest BCUT2D eigenvalue weighted by Gasteiger charge is -2.28. The van der Waals surface area contributed by atoms with Gasteiger partial charge in [-0.05, 0) is 44.4 Å². The molecule has 26 heavy (non-hydrogen) atoms. The highest BCUT2D eigenvalue weighted by atomic mass is 16.3. The van der Waals surface area contributed by atoms with E-state index >= 15 is 0 Å². The number of hydrogen-bond acceptors (Lipinski definition) is 6. The van der Waals surface area contributed by atoms with E-state index < -0.39 is 0 Å². The minimum Gasteiger partial charge on any atom is -0.465 e. The van der Waals surface area contributed by atoms with Crippen LogP contribution in [0.2, 0.25) is 0 Å². The van der Waals surface area contributed by atoms with Crippen molar-refractivity contribution in [2.75, 3.05) is 36.4 Å². The zero-order chi connectivity index (χ0) is 18.2. The molecule has 0 radical (unpaired) electrons. The summed E-state index contributed by atoms with van der Waals surface area (Å²) in [5.74, 6) is 2.06. The van der Waals surface area contributed by atoms with Gasteiger partial charge in [0.05, 0.1) is 6.26 Å². The van der Waals surface area contributed by atoms with Crippen LogP contribution < -0.4 is 15.5 Å². The Hall–Kier alpha value is -2.83. The number of aryl methyl sites for hydroxylation is 1. The zero-order valence-electron chi connectivity index (χ0n) is 15.1. The Kier molecular flexibility index (Phi) is 6.24. The summed E-state index contributed by atoms with van der Waals surface area (Å²) >= 11 is 0. The van der Waals surface area contributed by atoms with Crippen molar-refractivity contribution in [3.8, 4) is 0 Å². The van der Waals surface area contributed by atoms with Gasteiger partial charge in [-0.3, -0.25) is 4.79 Å². The molecule has 0 saturated carbocycles. The summed E-state index contributed by atoms with van der Waals surface area (Å²) in [5, 5.41) is 6.00. The first-order chi connectivity index (χ1) is 12.7. The van der Waals surface area contributed by atoms with Crippen LogP contribution in [0.4, 0.5) is 11.8 Å². The van der Waals surface area contributed by atoms with Crippen LogP contribution >= 0.6 is 0 Å². The van der Waals surface area contributed by atoms with Crippen molar-refractivity contribution >= 4 is 23.7 Å². The van der Waals surface area contributed by atoms with E-state index in [2.05, 4.69) is 25.5 Å². The first kappa shape index (κ1) is 18.0. The molecule has 3 rings (SSSR count). The fourth-order valence-corrected chi connectivity index (χ4v) is 2.88. The van der Waals surface area contributed by atoms with E-state index in [-0.39, 0.29) is 5.91 Å². The molecule has 7 heteroatoms. The Balaban J connectivity index is 1.45. The van der Waals surface area contributed by atoms with Gasteiger partial charge in [-0.25, -0.2) is 4.98 Å². The van der Waals surface area contributed by atoms with Crippen LogP contribution in [0, 0.1) is 6.92 Å². The van der Waals surface area contributed by atoms with Crippen LogP contribution in [0.1, 0.15) is 30.7 Å². The predicted octanol–water partition coefficient (Wildman–Crippen LogP) is 2.61. The summed E-state index contributed by atoms with van der Waals surface area (Å²) in [7, 11) is 0. The maximum Gasteiger partial charge on any atom is 0.244 e. The standard InChI is InChI=1S/C19H25N5O2/c1-15-14-17(24-11-3-2-4-12-24)23-19(22-15)21-10-9-20-18(25)8-7-16-6-5-13-26-16/h5-8,13-14H,2-4,9-12H2,1H3,(H,20,25)(H,21,22,23)/b8-7+. The second-order valence-corrected chi connectivity index (χ2v) is 6.31. The van der Waals surface area contributed by atoms with Crippen molar-refractivity contribution in [1.82, 2.24) is 15.3 Å². The molecule has 1 fully saturated rings. The summed E-state index contributed by atoms with van der Waals surface area (Å²) < 4.78 is 5.14. The molecule has 0 spiro atoms. The van der Waals surface area contributed by atoms with Gasteiger partial charge < -0.3 is 20.0 Å². The van der Waals surface area contributed by atoms with Crippen LogP contribution in [0.15, 0.2) is 35.0 Å². The molecule has 1 aliphatic heterocycles. The first-order valence-corrected chi connectivity index (χ1v) is 9.04. The van der Waals surface area contributed by atoms with Gasteiger partial charge in [0.25, 0.3) is 0 Å². The van der Waals surface area contributed by atoms with E-state index in [0.29, 0.717) is 24.8 Å². The number of anilines is 2. The molecular formula is C19H25N5O2. The average molecular weight is 355 g/mol. The molecular weight excluding hydrogens is 330 g/mol. The molecule has 0 aliphatic carbocycles. The first-order valence-electron chi connectivity index (χ1n) is 9.04. The van der Waals surface area contributed by atoms with Gasteiger partial charge in [0.15, 0.2) is 0 Å². The van der Waals surface area contributed by atoms with Gasteiger partial charge >= 0.3 is 0 Å². The highest BCUT2D eigenvalue weighted by Crippen LogP contribution is 2.19. The van der Waals surface area contributed by atoms with Crippen molar-refractivity contribution in [3.63, 3.8) is 0 Å². The quantitative estimate of drug-likeness (QED) is 0.587. The molecule has 2 aromatic rings. The molecule has 1 aliphatic rings. The minimum absolute atomic E-state index is 0.164. The third-order valence-corrected chi connectivity index (χ3v) is 4.17. The van der Waals surface area contributed by atoms with Crippen molar-refractivity contribution in [2.45, 2.75) is 26.2 Å². The SMILES string of the molecule is Cc1cc(N2CCCCC2)nc(NCCNC(=O)/C=C/c2ccco2)n1. The smallest absolute Gasteiger partial charge is 0.244 e. The van der Waals surface area contributed by atoms with Crippen molar-refractivity contribution in [2.24, 2.45) is 0 Å². The summed E-state index contributed by atoms with van der Waals surface area (Å²) in [4.78, 5) is 23.1. The maximum atomic E-state index is 11.8. The van der Waals surface area contributed by atoms with Gasteiger partial charge in [-0.1, -0.05) is 0 Å². The predicted molar refractivity (Wildman–Crippen MR) is 102 cm³/mol. The molecule has 1 amide bonds. The summed E-state index contributed by atoms with van der Waals surface area (Å²) in [6.45, 7) is 5.12. The third kappa shape index (κ3) is 5.34. The summed E-state index contributed by atoms with van der Waals surface area (Å²) in [6.07, 6.45) is 8.38. The number of carbonyl (C=O) groups is 1. The van der Waals surface area contributed by atoms with E-state index in [1.54, 1.807) is 24.5 Å². The largest absolute Gasteiger partial charge is 0.465 e. The molecule has 0 aromatic carbocycles. The Morgan fingerprint density at radius 3 is 2.88 bits per heavy atom. The molecule has 0 bridgehead atoms. The number of aromatic nitrogens is 2. The number of amides is 1. The number of nitrogens with one attached hydrogen (secondary N) is 2. The number of furan rings is 1. The van der Waals surface area contributed by atoms with Crippen molar-refractivity contribution in [3.05, 3.63) is 42.0 Å². The van der Waals surface area contributed by atoms with Gasteiger partial charge in [-0.2, -0.15) is 4.98 Å². The lowest BCUT2D eigenvalue weighted by molar-refractivity contribution is -0.116. The molecule has 7 nitrogen and oxygen atoms in total. The monoisotopic (exact) mass is 355 g/mol. The fourth-order valence-electron chi connectivity index (χ4n) is 2.88. The topological polar surface area (TPSA) is 83.3 Å². The van der Waals surface area contributed by atoms with Gasteiger partial charge in [-0.15, -0.1) is 0 Å². The second kappa shape index (κ2) is 9.03. The number of nitrogens with zero attached hydrogens (tertiary/aromatic N) is 3. The van der Waals surface area contributed by atoms with Crippen LogP contribution in [0.3, 0.4) is 0 Å². The molecule has 2 aromatic heterocycles. The third-order valence-electron chi connectivity index (χ3n) is 4.17. The fraction of sp³-hybridized carbons (Fsp3) is 0.421. The summed E-state index contributed by atoms with van der Waals surface area (Å²) in [5.41, 5.74) is 0.938. The van der Waals surface area contributed by atoms with Crippen molar-refractivity contribution in [1.29, 1.82) is 0 Å². The maximum absolute atomic E-state index is 11.8. The molecule has 3 heterocycles. The average Bonchev–Trinajstić information content (AvgIpc) is 3.17. The van der Waals surface area contributed by atoms with Crippen LogP contribution in [-0.2, 0) is 4.79 Å². The van der Waals surface area contributed by atoms with E-state index in [0.717, 1.165) is 24.6 Å². The zero-order valence-corrected chi connectivity index (χ0v) is 15.1. The highest BCUT2D eigenvalue weighted by Gasteiger charge is 2.13. The Bertz CT molecular complexity index is 736. The van der Waals surface area contributed by atoms with Gasteiger partial charge in [0.1, 0.15) is 11.6 Å². The Morgan fingerprint density at radius 1 is 1.27 bits per heavy atom. The van der Waals surface area contributed by atoms with Crippen molar-refractivity contribution < 1.29 is 9.21 Å². The summed E-state index contributed by atoms with van der Waals surface area (Å²) in [6, 6.07) is 5.60. The number of piperidine rings is 1. The number of carbonyl (C=O) groups excluding carboxylic acids is 1. The lowest BCUT2D eigenvalue weighted by atomic mass is 10.1. The van der Waals surface area contributed by atoms with Crippen LogP contribution in [0.5, 0.6) is 0 Å². The molecule has 0 atom stereocenters. The highest BCUT2D eigenvalue weighted by molar-refractivity contribution is 5.91. The van der Waals surface area contributed by atoms with Crippen LogP contribution in [-0.4, -0.2) is 42.1 Å². The van der Waals surface area contributed by atoms with E-state index in [4.69, 9.17) is 4.42 Å². The van der Waals surface area contributed by atoms with E-state index in [1.165, 1.54) is 25.3 Å². The Morgan fingerprint density at radius 2 is 2.12 bits per heavy atom. The minimum atomic E-state index is -0.164. The van der Waals surface area contributed by atoms with E-state index in [9.17, 15) is 4.79 Å². The number of hydrogen-bond donors (Lipinski definition) is 2. The normalized spacial score (nSPS) is 14.6. The number of rotatable bonds is 7. The molecule has 1 saturated heterocycles. The molecule has 138 valence electrons. The van der Waals surface area contributed by atoms with Gasteiger partial charge in [0.2, 0.25) is 11.9 Å².